The number of nitrogens with one attached hydrogen (secondary N) is 1. The van der Waals surface area contributed by atoms with Gasteiger partial charge in [0, 0.05) is 24.2 Å². The first kappa shape index (κ1) is 21.8. The van der Waals surface area contributed by atoms with Crippen molar-refractivity contribution >= 4 is 17.7 Å². The van der Waals surface area contributed by atoms with Crippen LogP contribution < -0.4 is 10.1 Å². The van der Waals surface area contributed by atoms with Crippen molar-refractivity contribution in [2.75, 3.05) is 19.8 Å². The summed E-state index contributed by atoms with van der Waals surface area (Å²) in [7, 11) is 0. The number of fused-ring (bicyclic) bond motifs is 1. The molecule has 3 amide bonds. The topological polar surface area (TPSA) is 84.9 Å². The molecule has 3 aliphatic rings. The van der Waals surface area contributed by atoms with Gasteiger partial charge in [0.2, 0.25) is 11.8 Å². The molecule has 1 atom stereocenters. The van der Waals surface area contributed by atoms with E-state index in [1.807, 2.05) is 6.07 Å². The number of rotatable bonds is 8. The minimum atomic E-state index is -0.613. The van der Waals surface area contributed by atoms with Crippen molar-refractivity contribution < 1.29 is 23.9 Å². The fourth-order valence-corrected chi connectivity index (χ4v) is 4.91. The lowest BCUT2D eigenvalue weighted by molar-refractivity contribution is -0.136. The molecule has 2 fully saturated rings. The Balaban J connectivity index is 1.26. The highest BCUT2D eigenvalue weighted by atomic mass is 16.5. The number of piperidine rings is 1. The molecule has 7 heteroatoms. The standard InChI is InChI=1S/C24H32N2O5/c27-22-11-10-20(23(28)25-22)26-16-19-18(24(26)29)8-5-9-21(19)31-15-14-30-13-12-17-6-3-1-2-4-7-17/h5,8-9,17,20H,1-4,6-7,10-16H2,(H,25,27,28). The summed E-state index contributed by atoms with van der Waals surface area (Å²) in [5.74, 6) is 0.586. The molecule has 1 aromatic carbocycles. The molecule has 1 N–H and O–H groups in total. The third-order valence-corrected chi connectivity index (χ3v) is 6.67. The lowest BCUT2D eigenvalue weighted by atomic mass is 9.97. The SMILES string of the molecule is O=C1CCC(N2Cc3c(OCCOCCC4CCCCCC4)cccc3C2=O)C(=O)N1. The van der Waals surface area contributed by atoms with E-state index < -0.39 is 11.9 Å². The van der Waals surface area contributed by atoms with Gasteiger partial charge in [0.1, 0.15) is 18.4 Å². The van der Waals surface area contributed by atoms with E-state index in [0.29, 0.717) is 37.5 Å². The second-order valence-electron chi connectivity index (χ2n) is 8.79. The molecule has 2 heterocycles. The van der Waals surface area contributed by atoms with E-state index in [4.69, 9.17) is 9.47 Å². The van der Waals surface area contributed by atoms with Crippen molar-refractivity contribution in [3.8, 4) is 5.75 Å². The number of hydrogen-bond donors (Lipinski definition) is 1. The van der Waals surface area contributed by atoms with Crippen molar-refractivity contribution in [3.63, 3.8) is 0 Å². The Morgan fingerprint density at radius 2 is 1.77 bits per heavy atom. The molecule has 7 nitrogen and oxygen atoms in total. The Bertz CT molecular complexity index is 816. The average molecular weight is 429 g/mol. The van der Waals surface area contributed by atoms with Crippen molar-refractivity contribution in [3.05, 3.63) is 29.3 Å². The quantitative estimate of drug-likeness (QED) is 0.390. The number of amides is 3. The predicted molar refractivity (Wildman–Crippen MR) is 115 cm³/mol. The van der Waals surface area contributed by atoms with Gasteiger partial charge in [0.05, 0.1) is 13.2 Å². The first-order valence-corrected chi connectivity index (χ1v) is 11.6. The molecule has 1 aliphatic carbocycles. The van der Waals surface area contributed by atoms with Gasteiger partial charge in [-0.3, -0.25) is 19.7 Å². The third-order valence-electron chi connectivity index (χ3n) is 6.67. The molecule has 0 aromatic heterocycles. The molecule has 0 spiro atoms. The maximum Gasteiger partial charge on any atom is 0.255 e. The Morgan fingerprint density at radius 1 is 0.968 bits per heavy atom. The van der Waals surface area contributed by atoms with Gasteiger partial charge in [0.25, 0.3) is 5.91 Å². The maximum atomic E-state index is 12.8. The zero-order chi connectivity index (χ0) is 21.6. The fourth-order valence-electron chi connectivity index (χ4n) is 4.91. The third kappa shape index (κ3) is 5.26. The van der Waals surface area contributed by atoms with E-state index in [2.05, 4.69) is 5.32 Å². The van der Waals surface area contributed by atoms with Crippen LogP contribution in [-0.4, -0.2) is 48.5 Å². The van der Waals surface area contributed by atoms with E-state index in [-0.39, 0.29) is 18.2 Å². The molecule has 2 aliphatic heterocycles. The van der Waals surface area contributed by atoms with Crippen LogP contribution in [0.15, 0.2) is 18.2 Å². The fraction of sp³-hybridized carbons (Fsp3) is 0.625. The van der Waals surface area contributed by atoms with Gasteiger partial charge in [-0.15, -0.1) is 0 Å². The van der Waals surface area contributed by atoms with E-state index in [0.717, 1.165) is 24.5 Å². The van der Waals surface area contributed by atoms with Crippen LogP contribution in [0.2, 0.25) is 0 Å². The summed E-state index contributed by atoms with van der Waals surface area (Å²) in [6, 6.07) is 4.80. The van der Waals surface area contributed by atoms with E-state index in [1.165, 1.54) is 38.5 Å². The molecule has 1 saturated carbocycles. The van der Waals surface area contributed by atoms with E-state index >= 15 is 0 Å². The van der Waals surface area contributed by atoms with E-state index in [9.17, 15) is 14.4 Å². The minimum absolute atomic E-state index is 0.186. The minimum Gasteiger partial charge on any atom is -0.491 e. The summed E-state index contributed by atoms with van der Waals surface area (Å²) in [5, 5.41) is 2.33. The normalized spacial score (nSPS) is 22.3. The molecule has 1 saturated heterocycles. The highest BCUT2D eigenvalue weighted by Crippen LogP contribution is 2.33. The number of carbonyl (C=O) groups excluding carboxylic acids is 3. The van der Waals surface area contributed by atoms with Crippen molar-refractivity contribution in [1.29, 1.82) is 0 Å². The Morgan fingerprint density at radius 3 is 2.55 bits per heavy atom. The molecule has 0 radical (unpaired) electrons. The van der Waals surface area contributed by atoms with Crippen LogP contribution in [0.25, 0.3) is 0 Å². The van der Waals surface area contributed by atoms with Gasteiger partial charge in [-0.05, 0) is 30.9 Å². The van der Waals surface area contributed by atoms with Crippen LogP contribution >= 0.6 is 0 Å². The number of carbonyl (C=O) groups is 3. The Kier molecular flexibility index (Phi) is 7.22. The largest absolute Gasteiger partial charge is 0.491 e. The second-order valence-corrected chi connectivity index (χ2v) is 8.79. The first-order chi connectivity index (χ1) is 15.1. The van der Waals surface area contributed by atoms with Crippen LogP contribution in [0.5, 0.6) is 5.75 Å². The van der Waals surface area contributed by atoms with Crippen molar-refractivity contribution in [2.45, 2.75) is 70.4 Å². The molecule has 168 valence electrons. The first-order valence-electron chi connectivity index (χ1n) is 11.6. The molecular weight excluding hydrogens is 396 g/mol. The zero-order valence-electron chi connectivity index (χ0n) is 18.1. The van der Waals surface area contributed by atoms with Crippen molar-refractivity contribution in [2.24, 2.45) is 5.92 Å². The highest BCUT2D eigenvalue weighted by molar-refractivity contribution is 6.05. The molecule has 1 unspecified atom stereocenters. The average Bonchev–Trinajstić information content (AvgIpc) is 2.92. The second kappa shape index (κ2) is 10.3. The molecule has 31 heavy (non-hydrogen) atoms. The van der Waals surface area contributed by atoms with Gasteiger partial charge < -0.3 is 14.4 Å². The van der Waals surface area contributed by atoms with Gasteiger partial charge in [-0.25, -0.2) is 0 Å². The van der Waals surface area contributed by atoms with Crippen LogP contribution in [-0.2, 0) is 20.9 Å². The summed E-state index contributed by atoms with van der Waals surface area (Å²) < 4.78 is 11.7. The lowest BCUT2D eigenvalue weighted by Crippen LogP contribution is -2.52. The number of imide groups is 1. The molecule has 4 rings (SSSR count). The molecule has 0 bridgehead atoms. The van der Waals surface area contributed by atoms with Crippen LogP contribution in [0, 0.1) is 5.92 Å². The zero-order valence-corrected chi connectivity index (χ0v) is 18.1. The summed E-state index contributed by atoms with van der Waals surface area (Å²) in [5.41, 5.74) is 1.37. The Labute approximate surface area is 183 Å². The lowest BCUT2D eigenvalue weighted by Gasteiger charge is -2.29. The number of ether oxygens (including phenoxy) is 2. The maximum absolute atomic E-state index is 12.8. The molecular formula is C24H32N2O5. The van der Waals surface area contributed by atoms with Crippen molar-refractivity contribution in [1.82, 2.24) is 10.2 Å². The van der Waals surface area contributed by atoms with Crippen LogP contribution in [0.1, 0.15) is 73.7 Å². The van der Waals surface area contributed by atoms with Crippen LogP contribution in [0.3, 0.4) is 0 Å². The van der Waals surface area contributed by atoms with E-state index in [1.54, 1.807) is 17.0 Å². The highest BCUT2D eigenvalue weighted by Gasteiger charge is 2.40. The number of nitrogens with zero attached hydrogens (tertiary/aromatic N) is 1. The van der Waals surface area contributed by atoms with Gasteiger partial charge in [-0.2, -0.15) is 0 Å². The summed E-state index contributed by atoms with van der Waals surface area (Å²) in [6.45, 7) is 2.02. The van der Waals surface area contributed by atoms with Gasteiger partial charge >= 0.3 is 0 Å². The van der Waals surface area contributed by atoms with Gasteiger partial charge in [0.15, 0.2) is 0 Å². The Hall–Kier alpha value is -2.41. The predicted octanol–water partition coefficient (Wildman–Crippen LogP) is 3.20. The summed E-state index contributed by atoms with van der Waals surface area (Å²) in [6.07, 6.45) is 9.82. The van der Waals surface area contributed by atoms with Gasteiger partial charge in [-0.1, -0.05) is 44.6 Å². The smallest absolute Gasteiger partial charge is 0.255 e. The molecule has 1 aromatic rings. The number of hydrogen-bond acceptors (Lipinski definition) is 5. The number of benzene rings is 1. The monoisotopic (exact) mass is 428 g/mol. The van der Waals surface area contributed by atoms with Crippen LogP contribution in [0.4, 0.5) is 0 Å². The summed E-state index contributed by atoms with van der Waals surface area (Å²) in [4.78, 5) is 38.0. The summed E-state index contributed by atoms with van der Waals surface area (Å²) >= 11 is 0.